The van der Waals surface area contributed by atoms with Crippen LogP contribution in [-0.2, 0) is 0 Å². The number of hydrogen-bond donors (Lipinski definition) is 1. The summed E-state index contributed by atoms with van der Waals surface area (Å²) in [4.78, 5) is 10.4. The van der Waals surface area contributed by atoms with E-state index in [-0.39, 0.29) is 12.1 Å². The molecule has 1 rings (SSSR count). The molecular weight excluding hydrogens is 182 g/mol. The maximum atomic E-state index is 11.0. The van der Waals surface area contributed by atoms with Crippen molar-refractivity contribution in [1.29, 1.82) is 0 Å². The van der Waals surface area contributed by atoms with Gasteiger partial charge in [-0.25, -0.2) is 4.74 Å². The summed E-state index contributed by atoms with van der Waals surface area (Å²) in [6, 6.07) is -0.533. The number of hydroxylamine groups is 1. The van der Waals surface area contributed by atoms with Crippen LogP contribution in [0.25, 0.3) is 0 Å². The first-order chi connectivity index (χ1) is 6.67. The number of rotatable bonds is 3. The molecule has 0 saturated heterocycles. The van der Waals surface area contributed by atoms with E-state index in [0.717, 1.165) is 5.57 Å². The lowest BCUT2D eigenvalue weighted by atomic mass is 9.87. The smallest absolute Gasteiger partial charge is 0.168 e. The maximum Gasteiger partial charge on any atom is 0.168 e. The highest BCUT2D eigenvalue weighted by atomic mass is 16.5. The molecule has 0 radical (unpaired) electrons. The molecule has 0 spiro atoms. The fourth-order valence-corrected chi connectivity index (χ4v) is 1.80. The lowest BCUT2D eigenvalue weighted by Crippen LogP contribution is -2.31. The molecule has 1 saturated carbocycles. The van der Waals surface area contributed by atoms with Crippen LogP contribution in [0.5, 0.6) is 0 Å². The van der Waals surface area contributed by atoms with Crippen molar-refractivity contribution in [2.45, 2.75) is 31.3 Å². The molecule has 5 heteroatoms. The average Bonchev–Trinajstić information content (AvgIpc) is 2.17. The number of nitrogens with zero attached hydrogens (tertiary/aromatic N) is 2. The van der Waals surface area contributed by atoms with E-state index in [9.17, 15) is 10.1 Å². The standard InChI is InChI=1S/C9H15N3O2/c1-12(14)9-5-7(2-3-10)4-8(6-9)11-13/h2,8-9H,1,3-6,10H2/b7-2+/t8-,9-/m1/s1. The van der Waals surface area contributed by atoms with Gasteiger partial charge in [-0.1, -0.05) is 16.8 Å². The fraction of sp³-hybridized carbons (Fsp3) is 0.667. The van der Waals surface area contributed by atoms with Crippen LogP contribution in [0.2, 0.25) is 0 Å². The summed E-state index contributed by atoms with van der Waals surface area (Å²) in [5, 5.41) is 14.0. The third-order valence-corrected chi connectivity index (χ3v) is 2.50. The molecule has 0 aliphatic heterocycles. The van der Waals surface area contributed by atoms with E-state index in [1.807, 2.05) is 6.08 Å². The van der Waals surface area contributed by atoms with Crippen LogP contribution in [0.3, 0.4) is 0 Å². The topological polar surface area (TPSA) is 81.5 Å². The Bertz CT molecular complexity index is 263. The fourth-order valence-electron chi connectivity index (χ4n) is 1.80. The summed E-state index contributed by atoms with van der Waals surface area (Å²) in [5.41, 5.74) is 6.41. The minimum atomic E-state index is -0.301. The zero-order valence-electron chi connectivity index (χ0n) is 8.06. The van der Waals surface area contributed by atoms with Crippen molar-refractivity contribution < 1.29 is 4.74 Å². The summed E-state index contributed by atoms with van der Waals surface area (Å²) < 4.78 is 0.654. The lowest BCUT2D eigenvalue weighted by molar-refractivity contribution is -0.495. The number of nitroso groups, excluding NO2 is 1. The van der Waals surface area contributed by atoms with Gasteiger partial charge in [0.25, 0.3) is 0 Å². The first-order valence-electron chi connectivity index (χ1n) is 4.64. The molecular formula is C9H15N3O2. The van der Waals surface area contributed by atoms with Crippen molar-refractivity contribution in [3.63, 3.8) is 0 Å². The molecule has 2 atom stereocenters. The molecule has 0 bridgehead atoms. The summed E-state index contributed by atoms with van der Waals surface area (Å²) in [7, 11) is 0. The van der Waals surface area contributed by atoms with Crippen LogP contribution in [0.4, 0.5) is 0 Å². The van der Waals surface area contributed by atoms with Crippen LogP contribution < -0.4 is 5.73 Å². The van der Waals surface area contributed by atoms with Crippen molar-refractivity contribution in [1.82, 2.24) is 0 Å². The summed E-state index contributed by atoms with van der Waals surface area (Å²) in [6.07, 6.45) is 3.63. The highest BCUT2D eigenvalue weighted by molar-refractivity contribution is 5.17. The zero-order chi connectivity index (χ0) is 10.6. The molecule has 5 nitrogen and oxygen atoms in total. The molecule has 78 valence electrons. The number of hydrogen-bond acceptors (Lipinski definition) is 4. The van der Waals surface area contributed by atoms with Crippen molar-refractivity contribution in [2.75, 3.05) is 6.54 Å². The molecule has 2 N–H and O–H groups in total. The highest BCUT2D eigenvalue weighted by Gasteiger charge is 2.29. The van der Waals surface area contributed by atoms with Crippen molar-refractivity contribution >= 4 is 6.72 Å². The van der Waals surface area contributed by atoms with Gasteiger partial charge in [-0.2, -0.15) is 4.91 Å². The second-order valence-electron chi connectivity index (χ2n) is 3.57. The summed E-state index contributed by atoms with van der Waals surface area (Å²) in [5.74, 6) is 0. The molecule has 1 aliphatic rings. The molecule has 0 heterocycles. The van der Waals surface area contributed by atoms with Gasteiger partial charge in [-0.3, -0.25) is 0 Å². The van der Waals surface area contributed by atoms with E-state index in [2.05, 4.69) is 11.9 Å². The molecule has 0 aromatic rings. The van der Waals surface area contributed by atoms with E-state index in [4.69, 9.17) is 5.73 Å². The normalized spacial score (nSPS) is 30.2. The van der Waals surface area contributed by atoms with Crippen molar-refractivity contribution in [2.24, 2.45) is 10.9 Å². The van der Waals surface area contributed by atoms with Crippen LogP contribution in [0.1, 0.15) is 19.3 Å². The van der Waals surface area contributed by atoms with Gasteiger partial charge < -0.3 is 10.9 Å². The average molecular weight is 197 g/mol. The van der Waals surface area contributed by atoms with Crippen molar-refractivity contribution in [3.8, 4) is 0 Å². The first kappa shape index (κ1) is 10.8. The van der Waals surface area contributed by atoms with Gasteiger partial charge in [0.2, 0.25) is 0 Å². The van der Waals surface area contributed by atoms with E-state index in [1.165, 1.54) is 0 Å². The Hall–Kier alpha value is -1.23. The van der Waals surface area contributed by atoms with Crippen LogP contribution in [-0.4, -0.2) is 30.1 Å². The Labute approximate surface area is 82.9 Å². The molecule has 0 amide bonds. The van der Waals surface area contributed by atoms with E-state index in [0.29, 0.717) is 30.5 Å². The minimum Gasteiger partial charge on any atom is -0.624 e. The minimum absolute atomic E-state index is 0.232. The third kappa shape index (κ3) is 2.63. The first-order valence-corrected chi connectivity index (χ1v) is 4.64. The Morgan fingerprint density at radius 3 is 2.93 bits per heavy atom. The predicted octanol–water partition coefficient (Wildman–Crippen LogP) is 0.770. The Morgan fingerprint density at radius 2 is 2.43 bits per heavy atom. The van der Waals surface area contributed by atoms with Gasteiger partial charge in [0, 0.05) is 19.4 Å². The zero-order valence-corrected chi connectivity index (χ0v) is 8.06. The van der Waals surface area contributed by atoms with Crippen LogP contribution >= 0.6 is 0 Å². The van der Waals surface area contributed by atoms with E-state index in [1.54, 1.807) is 0 Å². The molecule has 1 fully saturated rings. The van der Waals surface area contributed by atoms with Gasteiger partial charge in [-0.15, -0.1) is 0 Å². The second kappa shape index (κ2) is 4.85. The van der Waals surface area contributed by atoms with Gasteiger partial charge in [0.15, 0.2) is 6.04 Å². The molecule has 0 aromatic carbocycles. The lowest BCUT2D eigenvalue weighted by Gasteiger charge is -2.25. The molecule has 1 aliphatic carbocycles. The third-order valence-electron chi connectivity index (χ3n) is 2.50. The maximum absolute atomic E-state index is 11.0. The SMILES string of the molecule is C=[N+]([O-])[C@@H]1C/C(=C/CN)C[C@@H](N=O)C1. The van der Waals surface area contributed by atoms with Gasteiger partial charge in [0.1, 0.15) is 12.8 Å². The molecule has 0 unspecified atom stereocenters. The summed E-state index contributed by atoms with van der Waals surface area (Å²) >= 11 is 0. The predicted molar refractivity (Wildman–Crippen MR) is 55.1 cm³/mol. The van der Waals surface area contributed by atoms with Gasteiger partial charge >= 0.3 is 0 Å². The quantitative estimate of drug-likeness (QED) is 0.181. The molecule has 14 heavy (non-hydrogen) atoms. The second-order valence-corrected chi connectivity index (χ2v) is 3.57. The Kier molecular flexibility index (Phi) is 3.76. The van der Waals surface area contributed by atoms with Crippen LogP contribution in [0.15, 0.2) is 16.8 Å². The van der Waals surface area contributed by atoms with E-state index >= 15 is 0 Å². The Morgan fingerprint density at radius 1 is 1.71 bits per heavy atom. The van der Waals surface area contributed by atoms with Crippen molar-refractivity contribution in [3.05, 3.63) is 21.8 Å². The van der Waals surface area contributed by atoms with E-state index < -0.39 is 0 Å². The number of nitrogens with two attached hydrogens (primary N) is 1. The van der Waals surface area contributed by atoms with Gasteiger partial charge in [-0.05, 0) is 6.42 Å². The Balaban J connectivity index is 2.70. The summed E-state index contributed by atoms with van der Waals surface area (Å²) in [6.45, 7) is 3.74. The monoisotopic (exact) mass is 197 g/mol. The van der Waals surface area contributed by atoms with Crippen LogP contribution in [0, 0.1) is 10.1 Å². The largest absolute Gasteiger partial charge is 0.624 e. The molecule has 0 aromatic heterocycles. The van der Waals surface area contributed by atoms with Gasteiger partial charge in [0.05, 0.1) is 0 Å². The highest BCUT2D eigenvalue weighted by Crippen LogP contribution is 2.27.